The van der Waals surface area contributed by atoms with Crippen molar-refractivity contribution < 1.29 is 17.9 Å². The minimum absolute atomic E-state index is 0.0299. The Labute approximate surface area is 179 Å². The molecule has 1 atom stereocenters. The molecule has 3 N–H and O–H groups in total. The summed E-state index contributed by atoms with van der Waals surface area (Å²) in [6.45, 7) is 10.7. The van der Waals surface area contributed by atoms with Gasteiger partial charge in [-0.1, -0.05) is 32.9 Å². The van der Waals surface area contributed by atoms with Gasteiger partial charge in [0.15, 0.2) is 15.8 Å². The average molecular weight is 436 g/mol. The van der Waals surface area contributed by atoms with Crippen LogP contribution in [0.15, 0.2) is 57.0 Å². The van der Waals surface area contributed by atoms with Crippen LogP contribution in [0, 0.1) is 0 Å². The lowest BCUT2D eigenvalue weighted by Crippen LogP contribution is -2.40. The van der Waals surface area contributed by atoms with Crippen LogP contribution in [0.4, 0.5) is 0 Å². The van der Waals surface area contributed by atoms with E-state index in [-0.39, 0.29) is 24.3 Å². The van der Waals surface area contributed by atoms with E-state index in [4.69, 9.17) is 4.42 Å². The number of benzene rings is 1. The molecule has 1 heterocycles. The van der Waals surface area contributed by atoms with E-state index in [2.05, 4.69) is 36.4 Å². The Morgan fingerprint density at radius 1 is 1.10 bits per heavy atom. The lowest BCUT2D eigenvalue weighted by atomic mass is 9.87. The van der Waals surface area contributed by atoms with Gasteiger partial charge in [-0.2, -0.15) is 0 Å². The normalized spacial score (nSPS) is 14.9. The van der Waals surface area contributed by atoms with E-state index in [0.717, 1.165) is 5.56 Å². The van der Waals surface area contributed by atoms with Gasteiger partial charge in [-0.15, -0.1) is 0 Å². The second kappa shape index (κ2) is 9.66. The highest BCUT2D eigenvalue weighted by atomic mass is 32.2. The summed E-state index contributed by atoms with van der Waals surface area (Å²) in [6.07, 6.45) is 1.50. The van der Waals surface area contributed by atoms with E-state index < -0.39 is 15.4 Å². The van der Waals surface area contributed by atoms with Crippen molar-refractivity contribution in [2.75, 3.05) is 25.4 Å². The summed E-state index contributed by atoms with van der Waals surface area (Å²) in [4.78, 5) is 4.67. The Balaban J connectivity index is 1.99. The molecule has 7 nitrogen and oxygen atoms in total. The molecule has 0 spiro atoms. The maximum Gasteiger partial charge on any atom is 0.191 e. The van der Waals surface area contributed by atoms with E-state index in [0.29, 0.717) is 23.2 Å². The largest absolute Gasteiger partial charge is 0.466 e. The molecular formula is C22H33N3O4S. The number of hydrogen-bond acceptors (Lipinski definition) is 5. The highest BCUT2D eigenvalue weighted by Gasteiger charge is 2.26. The van der Waals surface area contributed by atoms with Crippen molar-refractivity contribution in [3.63, 3.8) is 0 Å². The summed E-state index contributed by atoms with van der Waals surface area (Å²) in [5.74, 6) is 0.784. The van der Waals surface area contributed by atoms with Gasteiger partial charge in [0.25, 0.3) is 0 Å². The van der Waals surface area contributed by atoms with Crippen molar-refractivity contribution >= 4 is 15.8 Å². The third-order valence-electron chi connectivity index (χ3n) is 4.68. The maximum absolute atomic E-state index is 12.7. The molecule has 1 aromatic carbocycles. The predicted octanol–water partition coefficient (Wildman–Crippen LogP) is 2.81. The number of nitrogens with one attached hydrogen (secondary N) is 2. The number of rotatable bonds is 8. The van der Waals surface area contributed by atoms with Crippen molar-refractivity contribution in [3.8, 4) is 0 Å². The molecule has 0 fully saturated rings. The number of nitrogens with zero attached hydrogens (tertiary/aromatic N) is 1. The standard InChI is InChI=1S/C22H33N3O4S/c1-6-23-20(25-16-22(5,26)19-8-7-14-29-19)24-13-15-30(27,28)18-11-9-17(10-12-18)21(2,3)4/h7-12,14,26H,6,13,15-16H2,1-5H3,(H2,23,24,25). The van der Waals surface area contributed by atoms with E-state index in [1.165, 1.54) is 6.26 Å². The van der Waals surface area contributed by atoms with Gasteiger partial charge < -0.3 is 20.2 Å². The van der Waals surface area contributed by atoms with E-state index in [1.54, 1.807) is 31.2 Å². The van der Waals surface area contributed by atoms with Crippen LogP contribution in [0.2, 0.25) is 0 Å². The smallest absolute Gasteiger partial charge is 0.191 e. The van der Waals surface area contributed by atoms with Crippen molar-refractivity contribution in [3.05, 3.63) is 54.0 Å². The van der Waals surface area contributed by atoms with E-state index in [9.17, 15) is 13.5 Å². The second-order valence-corrected chi connectivity index (χ2v) is 10.6. The van der Waals surface area contributed by atoms with Crippen LogP contribution >= 0.6 is 0 Å². The third-order valence-corrected chi connectivity index (χ3v) is 6.42. The molecule has 0 aliphatic heterocycles. The summed E-state index contributed by atoms with van der Waals surface area (Å²) in [5, 5.41) is 16.6. The number of hydrogen-bond donors (Lipinski definition) is 3. The monoisotopic (exact) mass is 435 g/mol. The fraction of sp³-hybridized carbons (Fsp3) is 0.500. The topological polar surface area (TPSA) is 104 Å². The molecule has 0 amide bonds. The number of furan rings is 1. The maximum atomic E-state index is 12.7. The van der Waals surface area contributed by atoms with Gasteiger partial charge in [0.05, 0.1) is 23.5 Å². The first-order chi connectivity index (χ1) is 14.0. The van der Waals surface area contributed by atoms with E-state index in [1.807, 2.05) is 19.1 Å². The molecule has 0 saturated carbocycles. The predicted molar refractivity (Wildman–Crippen MR) is 119 cm³/mol. The van der Waals surface area contributed by atoms with Crippen molar-refractivity contribution in [2.24, 2.45) is 4.99 Å². The number of aliphatic hydroxyl groups is 1. The first-order valence-electron chi connectivity index (χ1n) is 10.1. The quantitative estimate of drug-likeness (QED) is 0.435. The lowest BCUT2D eigenvalue weighted by molar-refractivity contribution is 0.0437. The highest BCUT2D eigenvalue weighted by molar-refractivity contribution is 7.91. The van der Waals surface area contributed by atoms with Gasteiger partial charge in [0.1, 0.15) is 11.4 Å². The van der Waals surface area contributed by atoms with E-state index >= 15 is 0 Å². The molecule has 166 valence electrons. The molecule has 1 unspecified atom stereocenters. The van der Waals surface area contributed by atoms with Crippen LogP contribution in [0.3, 0.4) is 0 Å². The molecule has 1 aromatic heterocycles. The molecule has 2 rings (SSSR count). The summed E-state index contributed by atoms with van der Waals surface area (Å²) < 4.78 is 30.6. The Kier molecular flexibility index (Phi) is 7.71. The first-order valence-corrected chi connectivity index (χ1v) is 11.7. The van der Waals surface area contributed by atoms with Gasteiger partial charge in [-0.3, -0.25) is 0 Å². The van der Waals surface area contributed by atoms with Crippen LogP contribution in [-0.4, -0.2) is 44.9 Å². The van der Waals surface area contributed by atoms with Gasteiger partial charge >= 0.3 is 0 Å². The number of aliphatic imine (C=N–C) groups is 1. The highest BCUT2D eigenvalue weighted by Crippen LogP contribution is 2.24. The molecule has 0 aliphatic rings. The summed E-state index contributed by atoms with van der Waals surface area (Å²) >= 11 is 0. The van der Waals surface area contributed by atoms with Crippen LogP contribution in [0.1, 0.15) is 45.9 Å². The molecular weight excluding hydrogens is 402 g/mol. The van der Waals surface area contributed by atoms with Crippen LogP contribution in [0.5, 0.6) is 0 Å². The zero-order chi connectivity index (χ0) is 22.4. The summed E-state index contributed by atoms with van der Waals surface area (Å²) in [7, 11) is -3.42. The zero-order valence-electron chi connectivity index (χ0n) is 18.4. The molecule has 2 aromatic rings. The Morgan fingerprint density at radius 2 is 1.77 bits per heavy atom. The Hall–Kier alpha value is -2.32. The summed E-state index contributed by atoms with van der Waals surface area (Å²) in [6, 6.07) is 10.4. The average Bonchev–Trinajstić information content (AvgIpc) is 3.21. The first kappa shape index (κ1) is 24.0. The van der Waals surface area contributed by atoms with Gasteiger partial charge in [0.2, 0.25) is 0 Å². The molecule has 0 radical (unpaired) electrons. The fourth-order valence-corrected chi connectivity index (χ4v) is 3.98. The van der Waals surface area contributed by atoms with Gasteiger partial charge in [0, 0.05) is 13.1 Å². The van der Waals surface area contributed by atoms with Crippen molar-refractivity contribution in [1.29, 1.82) is 0 Å². The van der Waals surface area contributed by atoms with Crippen LogP contribution in [0.25, 0.3) is 0 Å². The minimum atomic E-state index is -3.42. The molecule has 30 heavy (non-hydrogen) atoms. The molecule has 0 saturated heterocycles. The Bertz CT molecular complexity index is 926. The molecule has 0 bridgehead atoms. The second-order valence-electron chi connectivity index (χ2n) is 8.47. The number of sulfone groups is 1. The lowest BCUT2D eigenvalue weighted by Gasteiger charge is -2.20. The van der Waals surface area contributed by atoms with Gasteiger partial charge in [-0.25, -0.2) is 13.4 Å². The fourth-order valence-electron chi connectivity index (χ4n) is 2.82. The van der Waals surface area contributed by atoms with Gasteiger partial charge in [-0.05, 0) is 49.1 Å². The van der Waals surface area contributed by atoms with Crippen LogP contribution < -0.4 is 10.6 Å². The SMILES string of the molecule is CCNC(=NCC(C)(O)c1ccco1)NCCS(=O)(=O)c1ccc(C(C)(C)C)cc1. The van der Waals surface area contributed by atoms with Crippen molar-refractivity contribution in [2.45, 2.75) is 50.5 Å². The Morgan fingerprint density at radius 3 is 2.30 bits per heavy atom. The molecule has 0 aliphatic carbocycles. The third kappa shape index (κ3) is 6.60. The zero-order valence-corrected chi connectivity index (χ0v) is 19.2. The molecule has 8 heteroatoms. The number of guanidine groups is 1. The van der Waals surface area contributed by atoms with Crippen LogP contribution in [-0.2, 0) is 20.9 Å². The van der Waals surface area contributed by atoms with Crippen molar-refractivity contribution in [1.82, 2.24) is 10.6 Å². The minimum Gasteiger partial charge on any atom is -0.466 e. The summed E-state index contributed by atoms with van der Waals surface area (Å²) in [5.41, 5.74) is -0.199.